The molecule has 1 aliphatic rings. The molecule has 2 rings (SSSR count). The van der Waals surface area contributed by atoms with E-state index in [0.717, 1.165) is 25.3 Å². The summed E-state index contributed by atoms with van der Waals surface area (Å²) < 4.78 is 0. The highest BCUT2D eigenvalue weighted by atomic mass is 35.5. The van der Waals surface area contributed by atoms with Gasteiger partial charge >= 0.3 is 0 Å². The smallest absolute Gasteiger partial charge is 0.224 e. The van der Waals surface area contributed by atoms with Gasteiger partial charge in [0, 0.05) is 6.54 Å². The van der Waals surface area contributed by atoms with Crippen molar-refractivity contribution >= 4 is 23.2 Å². The quantitative estimate of drug-likeness (QED) is 0.593. The van der Waals surface area contributed by atoms with Crippen molar-refractivity contribution < 1.29 is 0 Å². The van der Waals surface area contributed by atoms with Crippen LogP contribution >= 0.6 is 23.2 Å². The van der Waals surface area contributed by atoms with Crippen LogP contribution in [0.25, 0.3) is 0 Å². The molecule has 1 saturated heterocycles. The fourth-order valence-corrected chi connectivity index (χ4v) is 2.31. The van der Waals surface area contributed by atoms with Gasteiger partial charge in [0.25, 0.3) is 0 Å². The molecule has 1 aromatic rings. The van der Waals surface area contributed by atoms with E-state index in [1.165, 1.54) is 19.3 Å². The van der Waals surface area contributed by atoms with Crippen LogP contribution in [0.4, 0.5) is 0 Å². The van der Waals surface area contributed by atoms with E-state index in [1.54, 1.807) is 6.07 Å². The molecule has 0 radical (unpaired) electrons. The Morgan fingerprint density at radius 2 is 1.87 bits per heavy atom. The van der Waals surface area contributed by atoms with Crippen LogP contribution in [0.2, 0.25) is 10.4 Å². The van der Waals surface area contributed by atoms with Gasteiger partial charge in [0.1, 0.15) is 5.15 Å². The molecule has 2 heterocycles. The Labute approximate surface area is 99.4 Å². The van der Waals surface area contributed by atoms with Gasteiger partial charge in [0.2, 0.25) is 5.28 Å². The van der Waals surface area contributed by atoms with E-state index in [2.05, 4.69) is 14.9 Å². The zero-order chi connectivity index (χ0) is 10.7. The van der Waals surface area contributed by atoms with E-state index >= 15 is 0 Å². The van der Waals surface area contributed by atoms with Crippen LogP contribution in [0.1, 0.15) is 25.0 Å². The maximum absolute atomic E-state index is 5.81. The molecule has 0 atom stereocenters. The minimum absolute atomic E-state index is 0.231. The topological polar surface area (TPSA) is 29.0 Å². The van der Waals surface area contributed by atoms with Gasteiger partial charge in [-0.2, -0.15) is 0 Å². The standard InChI is InChI=1S/C10H13Cl2N3/c11-9-6-8(13-10(12)14-9)7-15-4-2-1-3-5-15/h6H,1-5,7H2. The minimum atomic E-state index is 0.231. The summed E-state index contributed by atoms with van der Waals surface area (Å²) in [4.78, 5) is 10.4. The highest BCUT2D eigenvalue weighted by Crippen LogP contribution is 2.15. The summed E-state index contributed by atoms with van der Waals surface area (Å²) in [5, 5.41) is 0.650. The molecule has 0 amide bonds. The third-order valence-electron chi connectivity index (χ3n) is 2.55. The second kappa shape index (κ2) is 5.10. The molecule has 0 unspecified atom stereocenters. The molecule has 1 fully saturated rings. The highest BCUT2D eigenvalue weighted by Gasteiger charge is 2.11. The molecule has 0 aliphatic carbocycles. The third-order valence-corrected chi connectivity index (χ3v) is 2.92. The van der Waals surface area contributed by atoms with Crippen molar-refractivity contribution in [3.05, 3.63) is 22.2 Å². The van der Waals surface area contributed by atoms with Gasteiger partial charge in [0.15, 0.2) is 0 Å². The maximum Gasteiger partial charge on any atom is 0.224 e. The van der Waals surface area contributed by atoms with Gasteiger partial charge in [-0.15, -0.1) is 0 Å². The molecule has 5 heteroatoms. The summed E-state index contributed by atoms with van der Waals surface area (Å²) in [5.41, 5.74) is 0.905. The highest BCUT2D eigenvalue weighted by molar-refractivity contribution is 6.31. The summed E-state index contributed by atoms with van der Waals surface area (Å²) >= 11 is 11.6. The minimum Gasteiger partial charge on any atom is -0.298 e. The SMILES string of the molecule is Clc1cc(CN2CCCCC2)nc(Cl)n1. The van der Waals surface area contributed by atoms with Crippen molar-refractivity contribution in [1.29, 1.82) is 0 Å². The number of hydrogen-bond acceptors (Lipinski definition) is 3. The number of likely N-dealkylation sites (tertiary alicyclic amines) is 1. The van der Waals surface area contributed by atoms with Gasteiger partial charge in [-0.3, -0.25) is 4.90 Å². The Morgan fingerprint density at radius 3 is 2.53 bits per heavy atom. The number of aromatic nitrogens is 2. The van der Waals surface area contributed by atoms with Gasteiger partial charge in [-0.25, -0.2) is 9.97 Å². The van der Waals surface area contributed by atoms with Crippen LogP contribution in [-0.2, 0) is 6.54 Å². The molecule has 0 aromatic carbocycles. The van der Waals surface area contributed by atoms with Crippen molar-refractivity contribution in [3.8, 4) is 0 Å². The third kappa shape index (κ3) is 3.30. The van der Waals surface area contributed by atoms with Crippen molar-refractivity contribution in [2.75, 3.05) is 13.1 Å². The largest absolute Gasteiger partial charge is 0.298 e. The fraction of sp³-hybridized carbons (Fsp3) is 0.600. The van der Waals surface area contributed by atoms with Crippen LogP contribution in [0.3, 0.4) is 0 Å². The molecular weight excluding hydrogens is 233 g/mol. The van der Waals surface area contributed by atoms with E-state index in [9.17, 15) is 0 Å². The second-order valence-corrected chi connectivity index (χ2v) is 4.51. The number of nitrogens with zero attached hydrogens (tertiary/aromatic N) is 3. The molecule has 0 bridgehead atoms. The van der Waals surface area contributed by atoms with Crippen molar-refractivity contribution in [3.63, 3.8) is 0 Å². The van der Waals surface area contributed by atoms with Crippen molar-refractivity contribution in [2.24, 2.45) is 0 Å². The van der Waals surface area contributed by atoms with E-state index in [-0.39, 0.29) is 5.28 Å². The van der Waals surface area contributed by atoms with Crippen LogP contribution < -0.4 is 0 Å². The van der Waals surface area contributed by atoms with Crippen molar-refractivity contribution in [2.45, 2.75) is 25.8 Å². The number of rotatable bonds is 2. The molecule has 0 saturated carbocycles. The predicted molar refractivity (Wildman–Crippen MR) is 61.2 cm³/mol. The zero-order valence-corrected chi connectivity index (χ0v) is 9.93. The molecule has 1 aromatic heterocycles. The normalized spacial score (nSPS) is 18.0. The van der Waals surface area contributed by atoms with Gasteiger partial charge in [-0.05, 0) is 43.6 Å². The van der Waals surface area contributed by atoms with Gasteiger partial charge < -0.3 is 0 Å². The van der Waals surface area contributed by atoms with Crippen LogP contribution in [0.5, 0.6) is 0 Å². The average molecular weight is 246 g/mol. The number of hydrogen-bond donors (Lipinski definition) is 0. The fourth-order valence-electron chi connectivity index (χ4n) is 1.86. The summed E-state index contributed by atoms with van der Waals surface area (Å²) in [5.74, 6) is 0. The van der Waals surface area contributed by atoms with E-state index in [0.29, 0.717) is 5.15 Å². The van der Waals surface area contributed by atoms with E-state index in [1.807, 2.05) is 0 Å². The maximum atomic E-state index is 5.81. The Morgan fingerprint density at radius 1 is 1.13 bits per heavy atom. The van der Waals surface area contributed by atoms with Gasteiger partial charge in [-0.1, -0.05) is 18.0 Å². The Balaban J connectivity index is 2.02. The van der Waals surface area contributed by atoms with Crippen molar-refractivity contribution in [1.82, 2.24) is 14.9 Å². The van der Waals surface area contributed by atoms with Crippen LogP contribution in [0.15, 0.2) is 6.07 Å². The molecule has 15 heavy (non-hydrogen) atoms. The predicted octanol–water partition coefficient (Wildman–Crippen LogP) is 2.77. The van der Waals surface area contributed by atoms with Gasteiger partial charge in [0.05, 0.1) is 5.69 Å². The summed E-state index contributed by atoms with van der Waals surface area (Å²) in [6, 6.07) is 1.78. The zero-order valence-electron chi connectivity index (χ0n) is 8.42. The first kappa shape index (κ1) is 11.1. The lowest BCUT2D eigenvalue weighted by Crippen LogP contribution is -2.29. The number of halogens is 2. The first-order valence-corrected chi connectivity index (χ1v) is 5.91. The lowest BCUT2D eigenvalue weighted by molar-refractivity contribution is 0.218. The molecule has 3 nitrogen and oxygen atoms in total. The molecule has 1 aliphatic heterocycles. The summed E-state index contributed by atoms with van der Waals surface area (Å²) in [6.45, 7) is 3.10. The first-order chi connectivity index (χ1) is 7.24. The monoisotopic (exact) mass is 245 g/mol. The molecular formula is C10H13Cl2N3. The first-order valence-electron chi connectivity index (χ1n) is 5.15. The molecule has 0 N–H and O–H groups in total. The summed E-state index contributed by atoms with van der Waals surface area (Å²) in [6.07, 6.45) is 3.88. The number of piperidine rings is 1. The Bertz CT molecular complexity index is 317. The van der Waals surface area contributed by atoms with Crippen LogP contribution in [-0.4, -0.2) is 28.0 Å². The Kier molecular flexibility index (Phi) is 3.78. The molecule has 82 valence electrons. The lowest BCUT2D eigenvalue weighted by atomic mass is 10.1. The lowest BCUT2D eigenvalue weighted by Gasteiger charge is -2.25. The van der Waals surface area contributed by atoms with E-state index in [4.69, 9.17) is 23.2 Å². The van der Waals surface area contributed by atoms with E-state index < -0.39 is 0 Å². The average Bonchev–Trinajstić information content (AvgIpc) is 2.17. The van der Waals surface area contributed by atoms with Crippen LogP contribution in [0, 0.1) is 0 Å². The molecule has 0 spiro atoms. The Hall–Kier alpha value is -0.380. The summed E-state index contributed by atoms with van der Waals surface area (Å²) in [7, 11) is 0. The second-order valence-electron chi connectivity index (χ2n) is 3.79.